The van der Waals surface area contributed by atoms with Crippen LogP contribution in [0.25, 0.3) is 0 Å². The number of carbonyl (C=O) groups excluding carboxylic acids is 1. The largest absolute Gasteiger partial charge is 0.272 e. The summed E-state index contributed by atoms with van der Waals surface area (Å²) in [6.07, 6.45) is 1.37. The van der Waals surface area contributed by atoms with Crippen LogP contribution in [0.3, 0.4) is 0 Å². The highest BCUT2D eigenvalue weighted by atomic mass is 35.5. The summed E-state index contributed by atoms with van der Waals surface area (Å²) in [5.74, 6) is -0.489. The third-order valence-corrected chi connectivity index (χ3v) is 3.84. The van der Waals surface area contributed by atoms with Crippen LogP contribution < -0.4 is 5.43 Å². The molecular formula is C15H11Cl2N3O3. The van der Waals surface area contributed by atoms with E-state index in [9.17, 15) is 14.9 Å². The summed E-state index contributed by atoms with van der Waals surface area (Å²) in [7, 11) is 0. The van der Waals surface area contributed by atoms with E-state index in [1.807, 2.05) is 0 Å². The molecule has 0 aliphatic rings. The van der Waals surface area contributed by atoms with Crippen molar-refractivity contribution in [3.63, 3.8) is 0 Å². The lowest BCUT2D eigenvalue weighted by molar-refractivity contribution is -0.385. The van der Waals surface area contributed by atoms with Gasteiger partial charge in [0.2, 0.25) is 0 Å². The van der Waals surface area contributed by atoms with Gasteiger partial charge in [-0.3, -0.25) is 14.9 Å². The summed E-state index contributed by atoms with van der Waals surface area (Å²) >= 11 is 11.9. The van der Waals surface area contributed by atoms with Crippen molar-refractivity contribution >= 4 is 41.0 Å². The molecule has 0 saturated carbocycles. The second kappa shape index (κ2) is 7.21. The lowest BCUT2D eigenvalue weighted by Gasteiger charge is -2.03. The Morgan fingerprint density at radius 3 is 2.70 bits per heavy atom. The predicted octanol–water partition coefficient (Wildman–Crippen LogP) is 3.97. The van der Waals surface area contributed by atoms with E-state index in [4.69, 9.17) is 23.2 Å². The summed E-state index contributed by atoms with van der Waals surface area (Å²) in [4.78, 5) is 22.2. The van der Waals surface area contributed by atoms with E-state index in [2.05, 4.69) is 10.5 Å². The maximum Gasteiger partial charge on any atom is 0.272 e. The Labute approximate surface area is 141 Å². The summed E-state index contributed by atoms with van der Waals surface area (Å²) in [5, 5.41) is 15.3. The van der Waals surface area contributed by atoms with Crippen LogP contribution in [0, 0.1) is 17.0 Å². The van der Waals surface area contributed by atoms with Crippen molar-refractivity contribution in [1.82, 2.24) is 5.43 Å². The van der Waals surface area contributed by atoms with Crippen LogP contribution in [-0.2, 0) is 0 Å². The maximum atomic E-state index is 12.0. The molecule has 8 heteroatoms. The molecule has 0 atom stereocenters. The molecule has 1 amide bonds. The minimum atomic E-state index is -0.504. The number of hydrogen-bond donors (Lipinski definition) is 1. The molecular weight excluding hydrogens is 341 g/mol. The SMILES string of the molecule is Cc1cc(C(=O)NN=Cc2cccc(Cl)c2Cl)ccc1[N+](=O)[O-]. The average molecular weight is 352 g/mol. The molecule has 0 spiro atoms. The number of hydrogen-bond acceptors (Lipinski definition) is 4. The van der Waals surface area contributed by atoms with E-state index in [1.165, 1.54) is 24.4 Å². The van der Waals surface area contributed by atoms with Gasteiger partial charge in [-0.1, -0.05) is 35.3 Å². The lowest BCUT2D eigenvalue weighted by Crippen LogP contribution is -2.17. The Kier molecular flexibility index (Phi) is 5.31. The molecule has 2 rings (SSSR count). The molecule has 6 nitrogen and oxygen atoms in total. The molecule has 0 aromatic heterocycles. The molecule has 0 bridgehead atoms. The number of nitro benzene ring substituents is 1. The zero-order valence-corrected chi connectivity index (χ0v) is 13.4. The third-order valence-electron chi connectivity index (χ3n) is 3.01. The highest BCUT2D eigenvalue weighted by Gasteiger charge is 2.13. The van der Waals surface area contributed by atoms with E-state index in [1.54, 1.807) is 25.1 Å². The van der Waals surface area contributed by atoms with Crippen LogP contribution in [0.2, 0.25) is 10.0 Å². The zero-order chi connectivity index (χ0) is 17.0. The number of rotatable bonds is 4. The molecule has 0 heterocycles. The summed E-state index contributed by atoms with van der Waals surface area (Å²) in [6, 6.07) is 9.11. The highest BCUT2D eigenvalue weighted by Crippen LogP contribution is 2.24. The van der Waals surface area contributed by atoms with E-state index < -0.39 is 10.8 Å². The van der Waals surface area contributed by atoms with Crippen molar-refractivity contribution in [1.29, 1.82) is 0 Å². The maximum absolute atomic E-state index is 12.0. The van der Waals surface area contributed by atoms with E-state index in [0.29, 0.717) is 21.2 Å². The number of aryl methyl sites for hydroxylation is 1. The summed E-state index contributed by atoms with van der Waals surface area (Å²) < 4.78 is 0. The van der Waals surface area contributed by atoms with Gasteiger partial charge in [-0.05, 0) is 25.1 Å². The first kappa shape index (κ1) is 16.9. The first-order valence-corrected chi connectivity index (χ1v) is 7.18. The zero-order valence-electron chi connectivity index (χ0n) is 11.9. The van der Waals surface area contributed by atoms with Gasteiger partial charge >= 0.3 is 0 Å². The van der Waals surface area contributed by atoms with Crippen molar-refractivity contribution in [2.45, 2.75) is 6.92 Å². The fourth-order valence-electron chi connectivity index (χ4n) is 1.85. The van der Waals surface area contributed by atoms with E-state index >= 15 is 0 Å². The molecule has 0 aliphatic carbocycles. The molecule has 2 aromatic rings. The fourth-order valence-corrected chi connectivity index (χ4v) is 2.20. The van der Waals surface area contributed by atoms with Crippen LogP contribution in [-0.4, -0.2) is 17.0 Å². The second-order valence-corrected chi connectivity index (χ2v) is 5.39. The van der Waals surface area contributed by atoms with Gasteiger partial charge in [0.05, 0.1) is 21.2 Å². The van der Waals surface area contributed by atoms with Crippen LogP contribution in [0.15, 0.2) is 41.5 Å². The van der Waals surface area contributed by atoms with Crippen LogP contribution in [0.4, 0.5) is 5.69 Å². The van der Waals surface area contributed by atoms with Gasteiger partial charge in [0.15, 0.2) is 0 Å². The standard InChI is InChI=1S/C15H11Cl2N3O3/c1-9-7-10(5-6-13(9)20(22)23)15(21)19-18-8-11-3-2-4-12(16)14(11)17/h2-8H,1H3,(H,19,21). The topological polar surface area (TPSA) is 84.6 Å². The quantitative estimate of drug-likeness (QED) is 0.513. The van der Waals surface area contributed by atoms with Crippen molar-refractivity contribution in [3.8, 4) is 0 Å². The number of hydrazone groups is 1. The van der Waals surface area contributed by atoms with E-state index in [-0.39, 0.29) is 11.3 Å². The number of nitrogens with one attached hydrogen (secondary N) is 1. The number of nitro groups is 1. The van der Waals surface area contributed by atoms with Crippen molar-refractivity contribution in [2.24, 2.45) is 5.10 Å². The van der Waals surface area contributed by atoms with Crippen molar-refractivity contribution in [3.05, 3.63) is 73.2 Å². The van der Waals surface area contributed by atoms with Gasteiger partial charge in [0.1, 0.15) is 0 Å². The molecule has 0 fully saturated rings. The predicted molar refractivity (Wildman–Crippen MR) is 89.4 cm³/mol. The van der Waals surface area contributed by atoms with Crippen LogP contribution in [0.1, 0.15) is 21.5 Å². The Bertz CT molecular complexity index is 807. The average Bonchev–Trinajstić information content (AvgIpc) is 2.50. The first-order valence-electron chi connectivity index (χ1n) is 6.42. The molecule has 0 saturated heterocycles. The lowest BCUT2D eigenvalue weighted by atomic mass is 10.1. The van der Waals surface area contributed by atoms with E-state index in [0.717, 1.165) is 0 Å². The van der Waals surface area contributed by atoms with Crippen molar-refractivity contribution < 1.29 is 9.72 Å². The van der Waals surface area contributed by atoms with Crippen LogP contribution in [0.5, 0.6) is 0 Å². The van der Waals surface area contributed by atoms with Gasteiger partial charge in [-0.25, -0.2) is 5.43 Å². The monoisotopic (exact) mass is 351 g/mol. The van der Waals surface area contributed by atoms with Crippen LogP contribution >= 0.6 is 23.2 Å². The third kappa shape index (κ3) is 4.06. The molecule has 0 unspecified atom stereocenters. The number of carbonyl (C=O) groups is 1. The minimum Gasteiger partial charge on any atom is -0.267 e. The normalized spacial score (nSPS) is 10.7. The van der Waals surface area contributed by atoms with Crippen molar-refractivity contribution in [2.75, 3.05) is 0 Å². The number of benzene rings is 2. The summed E-state index contributed by atoms with van der Waals surface area (Å²) in [6.45, 7) is 1.56. The first-order chi connectivity index (χ1) is 10.9. The molecule has 118 valence electrons. The Balaban J connectivity index is 2.10. The Morgan fingerprint density at radius 2 is 2.04 bits per heavy atom. The van der Waals surface area contributed by atoms with Gasteiger partial charge in [0, 0.05) is 22.8 Å². The van der Waals surface area contributed by atoms with Gasteiger partial charge in [-0.15, -0.1) is 0 Å². The molecule has 1 N–H and O–H groups in total. The molecule has 0 radical (unpaired) electrons. The number of amides is 1. The summed E-state index contributed by atoms with van der Waals surface area (Å²) in [5.41, 5.74) is 3.50. The fraction of sp³-hybridized carbons (Fsp3) is 0.0667. The van der Waals surface area contributed by atoms with Gasteiger partial charge in [0.25, 0.3) is 11.6 Å². The van der Waals surface area contributed by atoms with Gasteiger partial charge in [-0.2, -0.15) is 5.10 Å². The van der Waals surface area contributed by atoms with Gasteiger partial charge < -0.3 is 0 Å². The molecule has 0 aliphatic heterocycles. The highest BCUT2D eigenvalue weighted by molar-refractivity contribution is 6.43. The number of halogens is 2. The smallest absolute Gasteiger partial charge is 0.267 e. The Hall–Kier alpha value is -2.44. The second-order valence-electron chi connectivity index (χ2n) is 4.60. The minimum absolute atomic E-state index is 0.0456. The molecule has 23 heavy (non-hydrogen) atoms. The molecule has 2 aromatic carbocycles. The number of nitrogens with zero attached hydrogens (tertiary/aromatic N) is 2. The Morgan fingerprint density at radius 1 is 1.30 bits per heavy atom.